The van der Waals surface area contributed by atoms with Gasteiger partial charge < -0.3 is 4.74 Å². The molecule has 1 heterocycles. The molecular weight excluding hydrogens is 290 g/mol. The van der Waals surface area contributed by atoms with Crippen LogP contribution in [0.2, 0.25) is 0 Å². The summed E-state index contributed by atoms with van der Waals surface area (Å²) in [6, 6.07) is -0.306. The summed E-state index contributed by atoms with van der Waals surface area (Å²) >= 11 is 0. The average Bonchev–Trinajstić information content (AvgIpc) is 2.70. The Balaban J connectivity index is 2.65. The molecule has 0 aromatic rings. The molecule has 1 aliphatic rings. The number of sulfone groups is 1. The van der Waals surface area contributed by atoms with Gasteiger partial charge in [0.05, 0.1) is 10.5 Å². The molecule has 0 aromatic carbocycles. The largest absolute Gasteiger partial charge is 0.459 e. The van der Waals surface area contributed by atoms with Gasteiger partial charge in [0.2, 0.25) is 0 Å². The monoisotopic (exact) mass is 319 g/mol. The van der Waals surface area contributed by atoms with Gasteiger partial charge in [0.1, 0.15) is 11.6 Å². The molecular formula is C15H29NO4S. The summed E-state index contributed by atoms with van der Waals surface area (Å²) in [5.74, 6) is -0.163. The SMILES string of the molecule is CC(C)(C)OC(=O)[C@H]1CCCN1CCS(=O)(=O)C(C)(C)C. The lowest BCUT2D eigenvalue weighted by atomic mass is 10.1. The van der Waals surface area contributed by atoms with E-state index in [1.807, 2.05) is 25.7 Å². The normalized spacial score (nSPS) is 21.5. The Kier molecular flexibility index (Phi) is 5.48. The van der Waals surface area contributed by atoms with Crippen LogP contribution in [0.25, 0.3) is 0 Å². The second-order valence-corrected chi connectivity index (χ2v) is 10.5. The van der Waals surface area contributed by atoms with E-state index in [4.69, 9.17) is 4.74 Å². The Morgan fingerprint density at radius 3 is 2.24 bits per heavy atom. The van der Waals surface area contributed by atoms with Gasteiger partial charge >= 0.3 is 5.97 Å². The molecule has 21 heavy (non-hydrogen) atoms. The molecule has 1 saturated heterocycles. The van der Waals surface area contributed by atoms with Crippen molar-refractivity contribution >= 4 is 15.8 Å². The van der Waals surface area contributed by atoms with Gasteiger partial charge in [-0.1, -0.05) is 0 Å². The highest BCUT2D eigenvalue weighted by atomic mass is 32.2. The third kappa shape index (κ3) is 5.25. The molecule has 1 aliphatic heterocycles. The zero-order valence-corrected chi connectivity index (χ0v) is 14.9. The van der Waals surface area contributed by atoms with E-state index in [-0.39, 0.29) is 17.8 Å². The fourth-order valence-electron chi connectivity index (χ4n) is 2.27. The molecule has 0 aliphatic carbocycles. The molecule has 0 bridgehead atoms. The predicted molar refractivity (Wildman–Crippen MR) is 84.0 cm³/mol. The van der Waals surface area contributed by atoms with Crippen LogP contribution in [-0.4, -0.2) is 54.5 Å². The van der Waals surface area contributed by atoms with Crippen molar-refractivity contribution in [2.45, 2.75) is 70.8 Å². The molecule has 0 N–H and O–H groups in total. The molecule has 1 atom stereocenters. The van der Waals surface area contributed by atoms with Crippen molar-refractivity contribution < 1.29 is 17.9 Å². The van der Waals surface area contributed by atoms with Crippen molar-refractivity contribution in [3.8, 4) is 0 Å². The van der Waals surface area contributed by atoms with Crippen LogP contribution in [0.15, 0.2) is 0 Å². The van der Waals surface area contributed by atoms with Crippen molar-refractivity contribution in [3.05, 3.63) is 0 Å². The number of ether oxygens (including phenoxy) is 1. The molecule has 1 fully saturated rings. The van der Waals surface area contributed by atoms with Gasteiger partial charge in [-0.25, -0.2) is 8.42 Å². The summed E-state index contributed by atoms with van der Waals surface area (Å²) in [6.07, 6.45) is 1.64. The van der Waals surface area contributed by atoms with Crippen molar-refractivity contribution in [2.75, 3.05) is 18.8 Å². The predicted octanol–water partition coefficient (Wildman–Crippen LogP) is 2.01. The van der Waals surface area contributed by atoms with Crippen molar-refractivity contribution in [1.82, 2.24) is 4.90 Å². The van der Waals surface area contributed by atoms with E-state index >= 15 is 0 Å². The maximum absolute atomic E-state index is 12.2. The first-order valence-corrected chi connectivity index (χ1v) is 9.18. The standard InChI is InChI=1S/C15H29NO4S/c1-14(2,3)20-13(17)12-8-7-9-16(12)10-11-21(18,19)15(4,5)6/h12H,7-11H2,1-6H3/t12-/m1/s1. The van der Waals surface area contributed by atoms with E-state index in [2.05, 4.69) is 0 Å². The molecule has 1 rings (SSSR count). The number of hydrogen-bond donors (Lipinski definition) is 0. The van der Waals surface area contributed by atoms with Gasteiger partial charge in [-0.15, -0.1) is 0 Å². The fraction of sp³-hybridized carbons (Fsp3) is 0.933. The highest BCUT2D eigenvalue weighted by molar-refractivity contribution is 7.92. The van der Waals surface area contributed by atoms with Gasteiger partial charge in [-0.3, -0.25) is 9.69 Å². The first kappa shape index (κ1) is 18.4. The van der Waals surface area contributed by atoms with Crippen LogP contribution >= 0.6 is 0 Å². The first-order chi connectivity index (χ1) is 9.33. The number of hydrogen-bond acceptors (Lipinski definition) is 5. The van der Waals surface area contributed by atoms with Crippen LogP contribution in [0.3, 0.4) is 0 Å². The Labute approximate surface area is 129 Å². The van der Waals surface area contributed by atoms with Crippen LogP contribution in [0, 0.1) is 0 Å². The number of carbonyl (C=O) groups is 1. The molecule has 0 radical (unpaired) electrons. The van der Waals surface area contributed by atoms with E-state index in [0.717, 1.165) is 19.4 Å². The number of esters is 1. The lowest BCUT2D eigenvalue weighted by molar-refractivity contribution is -0.160. The summed E-state index contributed by atoms with van der Waals surface area (Å²) in [7, 11) is -3.16. The van der Waals surface area contributed by atoms with Crippen molar-refractivity contribution in [2.24, 2.45) is 0 Å². The minimum absolute atomic E-state index is 0.0792. The van der Waals surface area contributed by atoms with E-state index in [1.54, 1.807) is 20.8 Å². The third-order valence-corrected chi connectivity index (χ3v) is 6.21. The van der Waals surface area contributed by atoms with E-state index in [9.17, 15) is 13.2 Å². The van der Waals surface area contributed by atoms with Crippen molar-refractivity contribution in [3.63, 3.8) is 0 Å². The lowest BCUT2D eigenvalue weighted by Crippen LogP contribution is -2.43. The molecule has 124 valence electrons. The zero-order valence-electron chi connectivity index (χ0n) is 14.1. The quantitative estimate of drug-likeness (QED) is 0.742. The Morgan fingerprint density at radius 1 is 1.19 bits per heavy atom. The average molecular weight is 319 g/mol. The van der Waals surface area contributed by atoms with Crippen LogP contribution in [0.4, 0.5) is 0 Å². The van der Waals surface area contributed by atoms with Crippen LogP contribution in [0.5, 0.6) is 0 Å². The third-order valence-electron chi connectivity index (χ3n) is 3.62. The smallest absolute Gasteiger partial charge is 0.323 e. The number of rotatable bonds is 4. The molecule has 0 unspecified atom stereocenters. The second-order valence-electron chi connectivity index (χ2n) is 7.66. The van der Waals surface area contributed by atoms with E-state index in [1.165, 1.54) is 0 Å². The van der Waals surface area contributed by atoms with E-state index < -0.39 is 20.2 Å². The highest BCUT2D eigenvalue weighted by Gasteiger charge is 2.36. The lowest BCUT2D eigenvalue weighted by Gasteiger charge is -2.28. The number of likely N-dealkylation sites (tertiary alicyclic amines) is 1. The molecule has 6 heteroatoms. The molecule has 0 amide bonds. The summed E-state index contributed by atoms with van der Waals surface area (Å²) in [6.45, 7) is 11.8. The molecule has 0 aromatic heterocycles. The number of nitrogens with zero attached hydrogens (tertiary/aromatic N) is 1. The second kappa shape index (κ2) is 6.24. The van der Waals surface area contributed by atoms with Gasteiger partial charge in [0, 0.05) is 6.54 Å². The molecule has 0 saturated carbocycles. The van der Waals surface area contributed by atoms with Gasteiger partial charge in [-0.2, -0.15) is 0 Å². The van der Waals surface area contributed by atoms with Crippen LogP contribution in [0.1, 0.15) is 54.4 Å². The van der Waals surface area contributed by atoms with Gasteiger partial charge in [0.15, 0.2) is 9.84 Å². The summed E-state index contributed by atoms with van der Waals surface area (Å²) in [4.78, 5) is 14.1. The summed E-state index contributed by atoms with van der Waals surface area (Å²) in [5.41, 5.74) is -0.511. The highest BCUT2D eigenvalue weighted by Crippen LogP contribution is 2.22. The van der Waals surface area contributed by atoms with Crippen LogP contribution in [-0.2, 0) is 19.4 Å². The van der Waals surface area contributed by atoms with Gasteiger partial charge in [-0.05, 0) is 60.9 Å². The first-order valence-electron chi connectivity index (χ1n) is 7.53. The topological polar surface area (TPSA) is 63.7 Å². The minimum Gasteiger partial charge on any atom is -0.459 e. The van der Waals surface area contributed by atoms with E-state index in [0.29, 0.717) is 6.54 Å². The zero-order chi connectivity index (χ0) is 16.5. The molecule has 0 spiro atoms. The molecule has 5 nitrogen and oxygen atoms in total. The Hall–Kier alpha value is -0.620. The summed E-state index contributed by atoms with van der Waals surface area (Å²) in [5, 5.41) is 0. The maximum Gasteiger partial charge on any atom is 0.323 e. The van der Waals surface area contributed by atoms with Gasteiger partial charge in [0.25, 0.3) is 0 Å². The maximum atomic E-state index is 12.2. The van der Waals surface area contributed by atoms with Crippen LogP contribution < -0.4 is 0 Å². The minimum atomic E-state index is -3.16. The summed E-state index contributed by atoms with van der Waals surface area (Å²) < 4.78 is 29.0. The Morgan fingerprint density at radius 2 is 1.76 bits per heavy atom. The van der Waals surface area contributed by atoms with Crippen molar-refractivity contribution in [1.29, 1.82) is 0 Å². The number of carbonyl (C=O) groups excluding carboxylic acids is 1. The fourth-order valence-corrected chi connectivity index (χ4v) is 3.36. The Bertz CT molecular complexity index is 471.